The first-order valence-corrected chi connectivity index (χ1v) is 10.8. The van der Waals surface area contributed by atoms with E-state index < -0.39 is 12.0 Å². The molecule has 1 saturated heterocycles. The Hall–Kier alpha value is -2.11. The van der Waals surface area contributed by atoms with Crippen LogP contribution in [0.5, 0.6) is 0 Å². The third-order valence-corrected chi connectivity index (χ3v) is 6.23. The zero-order valence-electron chi connectivity index (χ0n) is 16.9. The molecule has 3 rings (SSSR count). The standard InChI is InChI=1S/C20H25Cl2N5O3/c1-20(2)8-12(19(30)27-20)6-13(9-23)24-18(29)11(5-10-3-4-10)7-14(28)17-25-15(21)16(22)26-17/h10-13H,3-8H2,1-2H3,(H,24,29)(H,25,26)(H,27,30). The maximum atomic E-state index is 12.9. The van der Waals surface area contributed by atoms with Crippen LogP contribution in [0.3, 0.4) is 0 Å². The fraction of sp³-hybridized carbons (Fsp3) is 0.650. The zero-order valence-corrected chi connectivity index (χ0v) is 18.4. The van der Waals surface area contributed by atoms with Crippen molar-refractivity contribution in [2.24, 2.45) is 17.8 Å². The van der Waals surface area contributed by atoms with Crippen LogP contribution in [-0.2, 0) is 9.59 Å². The molecule has 8 nitrogen and oxygen atoms in total. The number of nitrogens with zero attached hydrogens (tertiary/aromatic N) is 2. The molecule has 1 saturated carbocycles. The van der Waals surface area contributed by atoms with E-state index in [-0.39, 0.29) is 58.0 Å². The van der Waals surface area contributed by atoms with Gasteiger partial charge in [0.2, 0.25) is 11.8 Å². The fourth-order valence-electron chi connectivity index (χ4n) is 3.93. The van der Waals surface area contributed by atoms with Crippen LogP contribution in [0, 0.1) is 29.1 Å². The van der Waals surface area contributed by atoms with Gasteiger partial charge in [-0.2, -0.15) is 5.26 Å². The Morgan fingerprint density at radius 3 is 2.53 bits per heavy atom. The number of hydrogen-bond acceptors (Lipinski definition) is 5. The van der Waals surface area contributed by atoms with E-state index in [1.807, 2.05) is 13.8 Å². The highest BCUT2D eigenvalue weighted by Gasteiger charge is 2.39. The summed E-state index contributed by atoms with van der Waals surface area (Å²) in [5.74, 6) is -1.33. The topological polar surface area (TPSA) is 128 Å². The Balaban J connectivity index is 1.63. The number of imidazole rings is 1. The number of aromatic amines is 1. The van der Waals surface area contributed by atoms with Crippen molar-refractivity contribution >= 4 is 40.8 Å². The second-order valence-corrected chi connectivity index (χ2v) is 9.63. The van der Waals surface area contributed by atoms with Crippen LogP contribution in [0.15, 0.2) is 0 Å². The highest BCUT2D eigenvalue weighted by atomic mass is 35.5. The Morgan fingerprint density at radius 1 is 1.33 bits per heavy atom. The number of ketones is 1. The van der Waals surface area contributed by atoms with Gasteiger partial charge in [-0.25, -0.2) is 4.98 Å². The predicted molar refractivity (Wildman–Crippen MR) is 111 cm³/mol. The van der Waals surface area contributed by atoms with E-state index in [2.05, 4.69) is 26.7 Å². The number of carbonyl (C=O) groups is 3. The zero-order chi connectivity index (χ0) is 22.1. The minimum Gasteiger partial charge on any atom is -0.351 e. The van der Waals surface area contributed by atoms with E-state index in [1.165, 1.54) is 0 Å². The molecule has 0 aromatic carbocycles. The van der Waals surface area contributed by atoms with Crippen LogP contribution in [-0.4, -0.2) is 39.1 Å². The van der Waals surface area contributed by atoms with Crippen LogP contribution in [0.25, 0.3) is 0 Å². The van der Waals surface area contributed by atoms with Gasteiger partial charge in [-0.15, -0.1) is 0 Å². The van der Waals surface area contributed by atoms with Gasteiger partial charge >= 0.3 is 0 Å². The number of rotatable bonds is 9. The number of nitrogens with one attached hydrogen (secondary N) is 3. The molecule has 2 heterocycles. The van der Waals surface area contributed by atoms with Gasteiger partial charge in [-0.3, -0.25) is 14.4 Å². The van der Waals surface area contributed by atoms with Crippen LogP contribution in [0.4, 0.5) is 0 Å². The van der Waals surface area contributed by atoms with E-state index in [4.69, 9.17) is 23.2 Å². The van der Waals surface area contributed by atoms with Crippen molar-refractivity contribution in [2.45, 2.75) is 64.0 Å². The Labute approximate surface area is 185 Å². The molecular formula is C20H25Cl2N5O3. The number of H-pyrrole nitrogens is 1. The van der Waals surface area contributed by atoms with E-state index >= 15 is 0 Å². The lowest BCUT2D eigenvalue weighted by Gasteiger charge is -2.20. The van der Waals surface area contributed by atoms with Gasteiger partial charge in [0.1, 0.15) is 11.2 Å². The number of carbonyl (C=O) groups excluding carboxylic acids is 3. The monoisotopic (exact) mass is 453 g/mol. The summed E-state index contributed by atoms with van der Waals surface area (Å²) in [4.78, 5) is 44.1. The first kappa shape index (κ1) is 22.6. The summed E-state index contributed by atoms with van der Waals surface area (Å²) < 4.78 is 0. The second kappa shape index (κ2) is 8.94. The Bertz CT molecular complexity index is 868. The molecule has 1 aliphatic heterocycles. The van der Waals surface area contributed by atoms with Crippen molar-refractivity contribution in [3.8, 4) is 6.07 Å². The Kier molecular flexibility index (Phi) is 6.73. The molecule has 3 N–H and O–H groups in total. The molecule has 0 bridgehead atoms. The predicted octanol–water partition coefficient (Wildman–Crippen LogP) is 3.02. The quantitative estimate of drug-likeness (QED) is 0.495. The summed E-state index contributed by atoms with van der Waals surface area (Å²) in [5.41, 5.74) is -0.321. The third-order valence-electron chi connectivity index (χ3n) is 5.58. The average molecular weight is 454 g/mol. The molecule has 3 atom stereocenters. The summed E-state index contributed by atoms with van der Waals surface area (Å²) >= 11 is 11.6. The Morgan fingerprint density at radius 2 is 2.03 bits per heavy atom. The molecule has 2 aliphatic rings. The van der Waals surface area contributed by atoms with Crippen LogP contribution >= 0.6 is 23.2 Å². The van der Waals surface area contributed by atoms with Crippen LogP contribution in [0.1, 0.15) is 63.0 Å². The lowest BCUT2D eigenvalue weighted by molar-refractivity contribution is -0.127. The van der Waals surface area contributed by atoms with Crippen molar-refractivity contribution < 1.29 is 14.4 Å². The minimum absolute atomic E-state index is 0.00511. The maximum absolute atomic E-state index is 12.9. The van der Waals surface area contributed by atoms with E-state index in [0.29, 0.717) is 18.8 Å². The number of aromatic nitrogens is 2. The highest BCUT2D eigenvalue weighted by molar-refractivity contribution is 6.40. The molecule has 3 unspecified atom stereocenters. The normalized spacial score (nSPS) is 22.1. The van der Waals surface area contributed by atoms with Gasteiger partial charge in [0.05, 0.1) is 6.07 Å². The molecule has 10 heteroatoms. The summed E-state index contributed by atoms with van der Waals surface area (Å²) in [5, 5.41) is 15.2. The molecule has 2 amide bonds. The molecule has 1 aromatic rings. The highest BCUT2D eigenvalue weighted by Crippen LogP contribution is 2.37. The summed E-state index contributed by atoms with van der Waals surface area (Å²) in [6.07, 6.45) is 3.39. The number of nitriles is 1. The number of Topliss-reactive ketones (excluding diaryl/α,β-unsaturated/α-hetero) is 1. The number of hydrogen-bond donors (Lipinski definition) is 3. The van der Waals surface area contributed by atoms with Gasteiger partial charge in [0, 0.05) is 23.8 Å². The van der Waals surface area contributed by atoms with Crippen molar-refractivity contribution in [2.75, 3.05) is 0 Å². The molecule has 162 valence electrons. The van der Waals surface area contributed by atoms with Gasteiger partial charge in [-0.1, -0.05) is 36.0 Å². The van der Waals surface area contributed by atoms with Crippen LogP contribution in [0.2, 0.25) is 10.3 Å². The van der Waals surface area contributed by atoms with E-state index in [9.17, 15) is 19.6 Å². The fourth-order valence-corrected chi connectivity index (χ4v) is 4.19. The summed E-state index contributed by atoms with van der Waals surface area (Å²) in [7, 11) is 0. The van der Waals surface area contributed by atoms with Crippen LogP contribution < -0.4 is 10.6 Å². The van der Waals surface area contributed by atoms with Crippen molar-refractivity contribution in [1.29, 1.82) is 5.26 Å². The number of amides is 2. The molecule has 30 heavy (non-hydrogen) atoms. The van der Waals surface area contributed by atoms with Crippen molar-refractivity contribution in [1.82, 2.24) is 20.6 Å². The average Bonchev–Trinajstić information content (AvgIpc) is 3.36. The molecular weight excluding hydrogens is 429 g/mol. The molecule has 2 fully saturated rings. The first-order chi connectivity index (χ1) is 14.1. The van der Waals surface area contributed by atoms with Gasteiger partial charge in [-0.05, 0) is 39.0 Å². The minimum atomic E-state index is -0.800. The smallest absolute Gasteiger partial charge is 0.224 e. The second-order valence-electron chi connectivity index (χ2n) is 8.89. The van der Waals surface area contributed by atoms with Crippen molar-refractivity contribution in [3.63, 3.8) is 0 Å². The molecule has 1 aliphatic carbocycles. The maximum Gasteiger partial charge on any atom is 0.224 e. The largest absolute Gasteiger partial charge is 0.351 e. The molecule has 1 aromatic heterocycles. The lowest BCUT2D eigenvalue weighted by atomic mass is 9.91. The third kappa shape index (κ3) is 5.73. The van der Waals surface area contributed by atoms with Gasteiger partial charge < -0.3 is 15.6 Å². The first-order valence-electron chi connectivity index (χ1n) is 10.0. The van der Waals surface area contributed by atoms with Crippen molar-refractivity contribution in [3.05, 3.63) is 16.1 Å². The lowest BCUT2D eigenvalue weighted by Crippen LogP contribution is -2.41. The molecule has 0 spiro atoms. The SMILES string of the molecule is CC1(C)CC(CC(C#N)NC(=O)C(CC(=O)c2nc(Cl)c(Cl)[nH]2)CC2CC2)C(=O)N1. The number of halogens is 2. The summed E-state index contributed by atoms with van der Waals surface area (Å²) in [6, 6.07) is 1.28. The summed E-state index contributed by atoms with van der Waals surface area (Å²) in [6.45, 7) is 3.85. The van der Waals surface area contributed by atoms with Gasteiger partial charge in [0.25, 0.3) is 0 Å². The van der Waals surface area contributed by atoms with Gasteiger partial charge in [0.15, 0.2) is 16.8 Å². The molecule has 0 radical (unpaired) electrons. The van der Waals surface area contributed by atoms with E-state index in [0.717, 1.165) is 12.8 Å². The van der Waals surface area contributed by atoms with E-state index in [1.54, 1.807) is 0 Å².